The lowest BCUT2D eigenvalue weighted by atomic mass is 9.95. The van der Waals surface area contributed by atoms with E-state index in [1.165, 1.54) is 6.42 Å². The van der Waals surface area contributed by atoms with Gasteiger partial charge in [0.25, 0.3) is 0 Å². The van der Waals surface area contributed by atoms with Gasteiger partial charge < -0.3 is 15.2 Å². The molecule has 0 saturated carbocycles. The van der Waals surface area contributed by atoms with Gasteiger partial charge in [0.15, 0.2) is 0 Å². The van der Waals surface area contributed by atoms with Crippen molar-refractivity contribution in [2.24, 2.45) is 0 Å². The Morgan fingerprint density at radius 2 is 2.22 bits per heavy atom. The molecular formula is C14H18ClNO2. The van der Waals surface area contributed by atoms with E-state index in [-0.39, 0.29) is 0 Å². The van der Waals surface area contributed by atoms with Crippen molar-refractivity contribution in [3.63, 3.8) is 0 Å². The number of rotatable bonds is 4. The van der Waals surface area contributed by atoms with E-state index >= 15 is 0 Å². The number of nitrogens with one attached hydrogen (secondary N) is 1. The van der Waals surface area contributed by atoms with Crippen LogP contribution < -0.4 is 5.32 Å². The summed E-state index contributed by atoms with van der Waals surface area (Å²) in [6.45, 7) is 0.529. The van der Waals surface area contributed by atoms with Crippen molar-refractivity contribution in [1.29, 1.82) is 0 Å². The molecule has 3 rings (SSSR count). The van der Waals surface area contributed by atoms with Gasteiger partial charge in [-0.05, 0) is 25.3 Å². The Hall–Kier alpha value is -0.610. The molecule has 0 radical (unpaired) electrons. The van der Waals surface area contributed by atoms with Crippen LogP contribution in [0.1, 0.15) is 30.9 Å². The van der Waals surface area contributed by atoms with Gasteiger partial charge in [-0.2, -0.15) is 0 Å². The molecule has 1 aromatic carbocycles. The van der Waals surface area contributed by atoms with Crippen LogP contribution in [0, 0.1) is 0 Å². The third-order valence-electron chi connectivity index (χ3n) is 3.94. The summed E-state index contributed by atoms with van der Waals surface area (Å²) in [7, 11) is 0. The molecule has 0 aromatic heterocycles. The fourth-order valence-corrected chi connectivity index (χ4v) is 3.23. The van der Waals surface area contributed by atoms with E-state index in [0.29, 0.717) is 29.8 Å². The maximum absolute atomic E-state index is 10.1. The van der Waals surface area contributed by atoms with Gasteiger partial charge in [0.1, 0.15) is 0 Å². The first kappa shape index (κ1) is 12.4. The predicted molar refractivity (Wildman–Crippen MR) is 70.7 cm³/mol. The molecule has 2 aliphatic rings. The van der Waals surface area contributed by atoms with Crippen LogP contribution in [-0.2, 0) is 4.74 Å². The van der Waals surface area contributed by atoms with Gasteiger partial charge in [-0.1, -0.05) is 29.8 Å². The molecule has 2 N–H and O–H groups in total. The summed E-state index contributed by atoms with van der Waals surface area (Å²) in [5, 5.41) is 14.2. The minimum Gasteiger partial charge on any atom is -0.387 e. The van der Waals surface area contributed by atoms with Gasteiger partial charge in [0.2, 0.25) is 0 Å². The number of aliphatic hydroxyl groups is 1. The number of halogens is 1. The summed E-state index contributed by atoms with van der Waals surface area (Å²) in [5.74, 6) is 0. The van der Waals surface area contributed by atoms with Crippen molar-refractivity contribution in [2.75, 3.05) is 6.54 Å². The molecular weight excluding hydrogens is 250 g/mol. The van der Waals surface area contributed by atoms with E-state index < -0.39 is 6.10 Å². The normalized spacial score (nSPS) is 31.8. The summed E-state index contributed by atoms with van der Waals surface area (Å²) < 4.78 is 5.78. The summed E-state index contributed by atoms with van der Waals surface area (Å²) in [6, 6.07) is 7.83. The second-order valence-corrected chi connectivity index (χ2v) is 5.57. The maximum Gasteiger partial charge on any atom is 0.0928 e. The van der Waals surface area contributed by atoms with E-state index in [1.54, 1.807) is 6.07 Å². The SMILES string of the molecule is OC(CNC1CC2CCC1O2)c1ccccc1Cl. The van der Waals surface area contributed by atoms with Crippen LogP contribution in [0.3, 0.4) is 0 Å². The smallest absolute Gasteiger partial charge is 0.0928 e. The number of benzene rings is 1. The topological polar surface area (TPSA) is 41.5 Å². The Morgan fingerprint density at radius 3 is 2.89 bits per heavy atom. The van der Waals surface area contributed by atoms with Gasteiger partial charge in [0, 0.05) is 23.2 Å². The fraction of sp³-hybridized carbons (Fsp3) is 0.571. The molecule has 3 nitrogen and oxygen atoms in total. The lowest BCUT2D eigenvalue weighted by Crippen LogP contribution is -2.39. The lowest BCUT2D eigenvalue weighted by Gasteiger charge is -2.22. The zero-order valence-corrected chi connectivity index (χ0v) is 10.9. The fourth-order valence-electron chi connectivity index (χ4n) is 2.97. The molecule has 2 fully saturated rings. The largest absolute Gasteiger partial charge is 0.387 e. The summed E-state index contributed by atoms with van der Waals surface area (Å²) in [4.78, 5) is 0. The Morgan fingerprint density at radius 1 is 1.39 bits per heavy atom. The van der Waals surface area contributed by atoms with Crippen LogP contribution in [-0.4, -0.2) is 29.9 Å². The van der Waals surface area contributed by atoms with Gasteiger partial charge in [-0.25, -0.2) is 0 Å². The van der Waals surface area contributed by atoms with Gasteiger partial charge in [-0.3, -0.25) is 0 Å². The highest BCUT2D eigenvalue weighted by atomic mass is 35.5. The molecule has 0 aliphatic carbocycles. The Kier molecular flexibility index (Phi) is 3.57. The molecule has 4 atom stereocenters. The highest BCUT2D eigenvalue weighted by Gasteiger charge is 2.40. The van der Waals surface area contributed by atoms with Gasteiger partial charge in [-0.15, -0.1) is 0 Å². The maximum atomic E-state index is 10.1. The van der Waals surface area contributed by atoms with Crippen molar-refractivity contribution in [2.45, 2.75) is 43.6 Å². The average molecular weight is 268 g/mol. The minimum atomic E-state index is -0.558. The Labute approximate surface area is 112 Å². The van der Waals surface area contributed by atoms with E-state index in [1.807, 2.05) is 18.2 Å². The van der Waals surface area contributed by atoms with E-state index in [2.05, 4.69) is 5.32 Å². The molecule has 1 aromatic rings. The zero-order valence-electron chi connectivity index (χ0n) is 10.2. The van der Waals surface area contributed by atoms with Crippen molar-refractivity contribution in [3.05, 3.63) is 34.9 Å². The molecule has 18 heavy (non-hydrogen) atoms. The molecule has 2 heterocycles. The van der Waals surface area contributed by atoms with Crippen molar-refractivity contribution < 1.29 is 9.84 Å². The highest BCUT2D eigenvalue weighted by molar-refractivity contribution is 6.31. The van der Waals surface area contributed by atoms with Crippen molar-refractivity contribution >= 4 is 11.6 Å². The van der Waals surface area contributed by atoms with Crippen LogP contribution in [0.4, 0.5) is 0 Å². The first-order valence-corrected chi connectivity index (χ1v) is 6.93. The molecule has 2 aliphatic heterocycles. The molecule has 2 saturated heterocycles. The Bertz CT molecular complexity index is 426. The second-order valence-electron chi connectivity index (χ2n) is 5.16. The van der Waals surface area contributed by atoms with Crippen molar-refractivity contribution in [1.82, 2.24) is 5.32 Å². The number of hydrogen-bond donors (Lipinski definition) is 2. The molecule has 98 valence electrons. The van der Waals surface area contributed by atoms with E-state index in [0.717, 1.165) is 18.4 Å². The Balaban J connectivity index is 1.56. The third-order valence-corrected chi connectivity index (χ3v) is 4.29. The van der Waals surface area contributed by atoms with Crippen LogP contribution in [0.15, 0.2) is 24.3 Å². The highest BCUT2D eigenvalue weighted by Crippen LogP contribution is 2.34. The second kappa shape index (κ2) is 5.17. The van der Waals surface area contributed by atoms with Crippen LogP contribution in [0.5, 0.6) is 0 Å². The molecule has 0 spiro atoms. The molecule has 0 amide bonds. The van der Waals surface area contributed by atoms with E-state index in [9.17, 15) is 5.11 Å². The standard InChI is InChI=1S/C14H18ClNO2/c15-11-4-2-1-3-10(11)13(17)8-16-12-7-9-5-6-14(12)18-9/h1-4,9,12-14,16-17H,5-8H2. The average Bonchev–Trinajstić information content (AvgIpc) is 2.98. The van der Waals surface area contributed by atoms with Crippen LogP contribution in [0.25, 0.3) is 0 Å². The molecule has 2 bridgehead atoms. The minimum absolute atomic E-state index is 0.341. The first-order chi connectivity index (χ1) is 8.74. The number of hydrogen-bond acceptors (Lipinski definition) is 3. The molecule has 4 heteroatoms. The number of ether oxygens (including phenoxy) is 1. The monoisotopic (exact) mass is 267 g/mol. The predicted octanol–water partition coefficient (Wildman–Crippen LogP) is 2.28. The van der Waals surface area contributed by atoms with Crippen molar-refractivity contribution in [3.8, 4) is 0 Å². The van der Waals surface area contributed by atoms with Crippen LogP contribution >= 0.6 is 11.6 Å². The zero-order chi connectivity index (χ0) is 12.5. The van der Waals surface area contributed by atoms with E-state index in [4.69, 9.17) is 16.3 Å². The molecule has 4 unspecified atom stereocenters. The summed E-state index contributed by atoms with van der Waals surface area (Å²) in [5.41, 5.74) is 0.788. The quantitative estimate of drug-likeness (QED) is 0.880. The lowest BCUT2D eigenvalue weighted by molar-refractivity contribution is 0.0942. The third kappa shape index (κ3) is 2.41. The summed E-state index contributed by atoms with van der Waals surface area (Å²) in [6.07, 6.45) is 3.62. The van der Waals surface area contributed by atoms with Gasteiger partial charge >= 0.3 is 0 Å². The van der Waals surface area contributed by atoms with Crippen LogP contribution in [0.2, 0.25) is 5.02 Å². The number of aliphatic hydroxyl groups excluding tert-OH is 1. The summed E-state index contributed by atoms with van der Waals surface area (Å²) >= 11 is 6.07. The number of fused-ring (bicyclic) bond motifs is 2. The first-order valence-electron chi connectivity index (χ1n) is 6.55. The van der Waals surface area contributed by atoms with Gasteiger partial charge in [0.05, 0.1) is 18.3 Å².